The fourth-order valence-corrected chi connectivity index (χ4v) is 5.77. The SMILES string of the molecule is Cc1ccc(C2CNCC2C(=O)N2CCC3(CCCC3N)CC2)c(Cl)c1. The van der Waals surface area contributed by atoms with E-state index in [4.69, 9.17) is 17.3 Å². The lowest BCUT2D eigenvalue weighted by Gasteiger charge is -2.43. The first-order chi connectivity index (χ1) is 12.5. The molecule has 3 N–H and O–H groups in total. The van der Waals surface area contributed by atoms with Gasteiger partial charge in [0.1, 0.15) is 0 Å². The van der Waals surface area contributed by atoms with Crippen molar-refractivity contribution in [2.45, 2.75) is 51.0 Å². The summed E-state index contributed by atoms with van der Waals surface area (Å²) in [5, 5.41) is 4.20. The van der Waals surface area contributed by atoms with Gasteiger partial charge in [0.15, 0.2) is 0 Å². The summed E-state index contributed by atoms with van der Waals surface area (Å²) < 4.78 is 0. The summed E-state index contributed by atoms with van der Waals surface area (Å²) in [4.78, 5) is 15.3. The van der Waals surface area contributed by atoms with E-state index in [2.05, 4.69) is 22.3 Å². The predicted octanol–water partition coefficient (Wildman–Crippen LogP) is 3.07. The lowest BCUT2D eigenvalue weighted by Crippen LogP contribution is -2.50. The standard InChI is InChI=1S/C21H30ClN3O/c1-14-4-5-15(18(22)11-14)16-12-24-13-17(16)20(26)25-9-7-21(8-10-25)6-2-3-19(21)23/h4-5,11,16-17,19,24H,2-3,6-10,12-13,23H2,1H3. The molecule has 2 aliphatic heterocycles. The van der Waals surface area contributed by atoms with E-state index < -0.39 is 0 Å². The lowest BCUT2D eigenvalue weighted by atomic mass is 9.74. The molecule has 1 amide bonds. The van der Waals surface area contributed by atoms with Crippen LogP contribution < -0.4 is 11.1 Å². The van der Waals surface area contributed by atoms with Gasteiger partial charge in [-0.2, -0.15) is 0 Å². The Kier molecular flexibility index (Phi) is 5.02. The van der Waals surface area contributed by atoms with Crippen LogP contribution in [0.1, 0.15) is 49.1 Å². The molecule has 2 saturated heterocycles. The highest BCUT2D eigenvalue weighted by atomic mass is 35.5. The van der Waals surface area contributed by atoms with Gasteiger partial charge in [0.05, 0.1) is 5.92 Å². The highest BCUT2D eigenvalue weighted by molar-refractivity contribution is 6.31. The minimum atomic E-state index is -0.0125. The highest BCUT2D eigenvalue weighted by Crippen LogP contribution is 2.46. The number of hydrogen-bond acceptors (Lipinski definition) is 3. The molecule has 1 spiro atoms. The van der Waals surface area contributed by atoms with Crippen LogP contribution in [0.3, 0.4) is 0 Å². The average molecular weight is 376 g/mol. The predicted molar refractivity (Wildman–Crippen MR) is 105 cm³/mol. The molecule has 5 heteroatoms. The zero-order valence-electron chi connectivity index (χ0n) is 15.6. The number of amides is 1. The third-order valence-electron chi connectivity index (χ3n) is 7.13. The molecular weight excluding hydrogens is 346 g/mol. The maximum absolute atomic E-state index is 13.3. The van der Waals surface area contributed by atoms with Crippen LogP contribution in [0.15, 0.2) is 18.2 Å². The molecule has 3 unspecified atom stereocenters. The number of nitrogens with two attached hydrogens (primary N) is 1. The zero-order chi connectivity index (χ0) is 18.3. The first-order valence-electron chi connectivity index (χ1n) is 10.0. The van der Waals surface area contributed by atoms with Gasteiger partial charge in [-0.25, -0.2) is 0 Å². The number of halogens is 1. The molecule has 0 aromatic heterocycles. The van der Waals surface area contributed by atoms with E-state index in [0.717, 1.165) is 61.6 Å². The van der Waals surface area contributed by atoms with Crippen molar-refractivity contribution < 1.29 is 4.79 Å². The van der Waals surface area contributed by atoms with Crippen LogP contribution >= 0.6 is 11.6 Å². The molecule has 1 aromatic rings. The number of carbonyl (C=O) groups is 1. The molecule has 142 valence electrons. The minimum absolute atomic E-state index is 0.0125. The number of benzene rings is 1. The Labute approximate surface area is 161 Å². The van der Waals surface area contributed by atoms with E-state index in [0.29, 0.717) is 11.5 Å². The molecule has 2 heterocycles. The third kappa shape index (κ3) is 3.17. The van der Waals surface area contributed by atoms with Gasteiger partial charge in [-0.05, 0) is 55.2 Å². The van der Waals surface area contributed by atoms with Gasteiger partial charge in [-0.3, -0.25) is 4.79 Å². The van der Waals surface area contributed by atoms with Crippen LogP contribution in [0.5, 0.6) is 0 Å². The van der Waals surface area contributed by atoms with E-state index in [-0.39, 0.29) is 17.7 Å². The second kappa shape index (κ2) is 7.14. The molecule has 3 atom stereocenters. The monoisotopic (exact) mass is 375 g/mol. The Morgan fingerprint density at radius 2 is 2.04 bits per heavy atom. The average Bonchev–Trinajstić information content (AvgIpc) is 3.23. The summed E-state index contributed by atoms with van der Waals surface area (Å²) in [6.07, 6.45) is 5.76. The van der Waals surface area contributed by atoms with Crippen LogP contribution in [-0.2, 0) is 4.79 Å². The number of piperidine rings is 1. The zero-order valence-corrected chi connectivity index (χ0v) is 16.4. The van der Waals surface area contributed by atoms with Crippen LogP contribution in [0.4, 0.5) is 0 Å². The highest BCUT2D eigenvalue weighted by Gasteiger charge is 2.45. The number of carbonyl (C=O) groups excluding carboxylic acids is 1. The van der Waals surface area contributed by atoms with E-state index in [1.807, 2.05) is 13.0 Å². The van der Waals surface area contributed by atoms with Crippen LogP contribution in [-0.4, -0.2) is 43.0 Å². The third-order valence-corrected chi connectivity index (χ3v) is 7.46. The second-order valence-electron chi connectivity index (χ2n) is 8.58. The Morgan fingerprint density at radius 1 is 1.27 bits per heavy atom. The lowest BCUT2D eigenvalue weighted by molar-refractivity contribution is -0.137. The smallest absolute Gasteiger partial charge is 0.227 e. The first kappa shape index (κ1) is 18.3. The van der Waals surface area contributed by atoms with Crippen LogP contribution in [0.25, 0.3) is 0 Å². The number of aryl methyl sites for hydroxylation is 1. The first-order valence-corrected chi connectivity index (χ1v) is 10.4. The Morgan fingerprint density at radius 3 is 2.69 bits per heavy atom. The van der Waals surface area contributed by atoms with Gasteiger partial charge in [-0.15, -0.1) is 0 Å². The maximum Gasteiger partial charge on any atom is 0.227 e. The maximum atomic E-state index is 13.3. The second-order valence-corrected chi connectivity index (χ2v) is 8.99. The van der Waals surface area contributed by atoms with E-state index in [1.165, 1.54) is 12.8 Å². The van der Waals surface area contributed by atoms with Gasteiger partial charge < -0.3 is 16.0 Å². The van der Waals surface area contributed by atoms with Crippen molar-refractivity contribution in [1.29, 1.82) is 0 Å². The summed E-state index contributed by atoms with van der Waals surface area (Å²) >= 11 is 6.50. The Hall–Kier alpha value is -1.10. The molecule has 26 heavy (non-hydrogen) atoms. The van der Waals surface area contributed by atoms with Crippen molar-refractivity contribution >= 4 is 17.5 Å². The van der Waals surface area contributed by atoms with Crippen LogP contribution in [0, 0.1) is 18.3 Å². The summed E-state index contributed by atoms with van der Waals surface area (Å²) in [6.45, 7) is 5.33. The minimum Gasteiger partial charge on any atom is -0.342 e. The van der Waals surface area contributed by atoms with E-state index in [9.17, 15) is 4.79 Å². The van der Waals surface area contributed by atoms with Gasteiger partial charge in [0, 0.05) is 43.2 Å². The largest absolute Gasteiger partial charge is 0.342 e. The summed E-state index contributed by atoms with van der Waals surface area (Å²) in [7, 11) is 0. The molecule has 3 fully saturated rings. The normalized spacial score (nSPS) is 30.9. The number of nitrogens with zero attached hydrogens (tertiary/aromatic N) is 1. The van der Waals surface area contributed by atoms with Crippen molar-refractivity contribution in [3.05, 3.63) is 34.3 Å². The molecule has 1 aliphatic carbocycles. The molecule has 3 aliphatic rings. The Bertz CT molecular complexity index is 684. The Balaban J connectivity index is 1.46. The fourth-order valence-electron chi connectivity index (χ4n) is 5.39. The van der Waals surface area contributed by atoms with Gasteiger partial charge >= 0.3 is 0 Å². The van der Waals surface area contributed by atoms with Crippen LogP contribution in [0.2, 0.25) is 5.02 Å². The summed E-state index contributed by atoms with van der Waals surface area (Å²) in [5.74, 6) is 0.444. The molecule has 0 bridgehead atoms. The molecular formula is C21H30ClN3O. The number of rotatable bonds is 2. The van der Waals surface area contributed by atoms with Gasteiger partial charge in [0.2, 0.25) is 5.91 Å². The summed E-state index contributed by atoms with van der Waals surface area (Å²) in [5.41, 5.74) is 8.94. The van der Waals surface area contributed by atoms with Gasteiger partial charge in [0.25, 0.3) is 0 Å². The number of hydrogen-bond donors (Lipinski definition) is 2. The van der Waals surface area contributed by atoms with Crippen molar-refractivity contribution in [1.82, 2.24) is 10.2 Å². The molecule has 4 nitrogen and oxygen atoms in total. The molecule has 4 rings (SSSR count). The summed E-state index contributed by atoms with van der Waals surface area (Å²) in [6, 6.07) is 6.51. The van der Waals surface area contributed by atoms with Crippen molar-refractivity contribution in [2.75, 3.05) is 26.2 Å². The van der Waals surface area contributed by atoms with E-state index >= 15 is 0 Å². The van der Waals surface area contributed by atoms with Crippen molar-refractivity contribution in [3.8, 4) is 0 Å². The number of nitrogens with one attached hydrogen (secondary N) is 1. The molecule has 0 radical (unpaired) electrons. The quantitative estimate of drug-likeness (QED) is 0.835. The fraction of sp³-hybridized carbons (Fsp3) is 0.667. The van der Waals surface area contributed by atoms with Crippen molar-refractivity contribution in [3.63, 3.8) is 0 Å². The molecule has 1 saturated carbocycles. The number of likely N-dealkylation sites (tertiary alicyclic amines) is 1. The van der Waals surface area contributed by atoms with Gasteiger partial charge in [-0.1, -0.05) is 30.2 Å². The topological polar surface area (TPSA) is 58.4 Å². The molecule has 1 aromatic carbocycles. The van der Waals surface area contributed by atoms with E-state index in [1.54, 1.807) is 0 Å². The van der Waals surface area contributed by atoms with Crippen molar-refractivity contribution in [2.24, 2.45) is 17.1 Å².